The van der Waals surface area contributed by atoms with Gasteiger partial charge in [-0.2, -0.15) is 0 Å². The van der Waals surface area contributed by atoms with Crippen molar-refractivity contribution in [2.75, 3.05) is 58.4 Å². The normalized spacial score (nSPS) is 15.7. The number of piperazine rings is 1. The minimum absolute atomic E-state index is 0.249. The van der Waals surface area contributed by atoms with E-state index in [-0.39, 0.29) is 6.54 Å². The minimum atomic E-state index is -0.752. The lowest BCUT2D eigenvalue weighted by molar-refractivity contribution is 0.185. The highest BCUT2D eigenvalue weighted by Crippen LogP contribution is 2.26. The molecule has 2 heterocycles. The Bertz CT molecular complexity index is 801. The van der Waals surface area contributed by atoms with Gasteiger partial charge in [-0.05, 0) is 36.8 Å². The number of guanidine groups is 1. The molecule has 0 spiro atoms. The molecule has 0 saturated carbocycles. The zero-order valence-electron chi connectivity index (χ0n) is 17.9. The first-order chi connectivity index (χ1) is 14.6. The van der Waals surface area contributed by atoms with Crippen molar-refractivity contribution in [3.8, 4) is 11.5 Å². The van der Waals surface area contributed by atoms with Crippen LogP contribution >= 0.6 is 0 Å². The van der Waals surface area contributed by atoms with Gasteiger partial charge in [0.1, 0.15) is 17.3 Å². The van der Waals surface area contributed by atoms with Gasteiger partial charge >= 0.3 is 0 Å². The number of aliphatic hydroxyl groups is 1. The van der Waals surface area contributed by atoms with Crippen LogP contribution in [0.15, 0.2) is 47.6 Å². The fourth-order valence-corrected chi connectivity index (χ4v) is 3.41. The fraction of sp³-hybridized carbons (Fsp3) is 0.455. The van der Waals surface area contributed by atoms with Crippen molar-refractivity contribution in [3.63, 3.8) is 0 Å². The molecule has 30 heavy (non-hydrogen) atoms. The van der Waals surface area contributed by atoms with Crippen LogP contribution in [0.4, 0.5) is 5.82 Å². The number of anilines is 1. The number of aliphatic imine (C=N–C) groups is 1. The number of aromatic nitrogens is 1. The van der Waals surface area contributed by atoms with Crippen LogP contribution < -0.4 is 19.7 Å². The first kappa shape index (κ1) is 21.7. The third kappa shape index (κ3) is 5.54. The lowest BCUT2D eigenvalue weighted by Gasteiger charge is -2.37. The number of methoxy groups -OCH3 is 2. The average Bonchev–Trinajstić information content (AvgIpc) is 2.81. The molecule has 1 aliphatic rings. The zero-order chi connectivity index (χ0) is 21.3. The van der Waals surface area contributed by atoms with Gasteiger partial charge in [-0.25, -0.2) is 4.98 Å². The second-order valence-corrected chi connectivity index (χ2v) is 7.02. The van der Waals surface area contributed by atoms with Gasteiger partial charge in [0.2, 0.25) is 0 Å². The summed E-state index contributed by atoms with van der Waals surface area (Å²) in [7, 11) is 3.19. The molecule has 1 aromatic carbocycles. The van der Waals surface area contributed by atoms with Crippen LogP contribution in [0.3, 0.4) is 0 Å². The van der Waals surface area contributed by atoms with Gasteiger partial charge in [0, 0.05) is 45.0 Å². The van der Waals surface area contributed by atoms with Crippen LogP contribution in [-0.4, -0.2) is 74.4 Å². The van der Waals surface area contributed by atoms with Crippen molar-refractivity contribution in [3.05, 3.63) is 48.2 Å². The Morgan fingerprint density at radius 2 is 1.83 bits per heavy atom. The van der Waals surface area contributed by atoms with Crippen LogP contribution in [0.1, 0.15) is 18.6 Å². The number of hydrogen-bond acceptors (Lipinski definition) is 6. The van der Waals surface area contributed by atoms with Gasteiger partial charge in [0.25, 0.3) is 0 Å². The SMILES string of the molecule is CCNC(=NCC(O)c1cc(OC)cc(OC)c1)N1CCN(c2ccccn2)CC1. The van der Waals surface area contributed by atoms with Gasteiger partial charge in [-0.3, -0.25) is 4.99 Å². The third-order valence-corrected chi connectivity index (χ3v) is 5.06. The summed E-state index contributed by atoms with van der Waals surface area (Å²) in [6.07, 6.45) is 1.07. The van der Waals surface area contributed by atoms with E-state index in [1.807, 2.05) is 31.3 Å². The quantitative estimate of drug-likeness (QED) is 0.530. The Balaban J connectivity index is 1.65. The number of nitrogens with zero attached hydrogens (tertiary/aromatic N) is 4. The molecular weight excluding hydrogens is 382 g/mol. The van der Waals surface area contributed by atoms with Crippen molar-refractivity contribution < 1.29 is 14.6 Å². The van der Waals surface area contributed by atoms with Crippen LogP contribution in [0.2, 0.25) is 0 Å². The Morgan fingerprint density at radius 1 is 1.13 bits per heavy atom. The van der Waals surface area contributed by atoms with E-state index >= 15 is 0 Å². The smallest absolute Gasteiger partial charge is 0.194 e. The molecule has 0 amide bonds. The molecule has 1 aromatic heterocycles. The standard InChI is InChI=1S/C22H31N5O3/c1-4-23-22(27-11-9-26(10-12-27)21-7-5-6-8-24-21)25-16-20(28)17-13-18(29-2)15-19(14-17)30-3/h5-8,13-15,20,28H,4,9-12,16H2,1-3H3,(H,23,25). The van der Waals surface area contributed by atoms with Crippen molar-refractivity contribution >= 4 is 11.8 Å². The highest BCUT2D eigenvalue weighted by Gasteiger charge is 2.21. The second-order valence-electron chi connectivity index (χ2n) is 7.02. The summed E-state index contributed by atoms with van der Waals surface area (Å²) < 4.78 is 10.6. The Labute approximate surface area is 178 Å². The maximum absolute atomic E-state index is 10.7. The third-order valence-electron chi connectivity index (χ3n) is 5.06. The number of aliphatic hydroxyl groups excluding tert-OH is 1. The van der Waals surface area contributed by atoms with E-state index in [0.29, 0.717) is 17.1 Å². The minimum Gasteiger partial charge on any atom is -0.497 e. The highest BCUT2D eigenvalue weighted by atomic mass is 16.5. The Kier molecular flexibility index (Phi) is 7.73. The zero-order valence-corrected chi connectivity index (χ0v) is 17.9. The summed E-state index contributed by atoms with van der Waals surface area (Å²) in [6, 6.07) is 11.4. The van der Waals surface area contributed by atoms with E-state index in [4.69, 9.17) is 9.47 Å². The van der Waals surface area contributed by atoms with Crippen molar-refractivity contribution in [2.45, 2.75) is 13.0 Å². The summed E-state index contributed by atoms with van der Waals surface area (Å²) in [5.41, 5.74) is 0.714. The van der Waals surface area contributed by atoms with Gasteiger partial charge < -0.3 is 29.7 Å². The predicted octanol–water partition coefficient (Wildman–Crippen LogP) is 1.92. The molecule has 162 valence electrons. The average molecular weight is 414 g/mol. The number of rotatable bonds is 7. The van der Waals surface area contributed by atoms with Gasteiger partial charge in [0.15, 0.2) is 5.96 Å². The molecule has 0 bridgehead atoms. The van der Waals surface area contributed by atoms with Crippen molar-refractivity contribution in [1.29, 1.82) is 0 Å². The Morgan fingerprint density at radius 3 is 2.40 bits per heavy atom. The molecular formula is C22H31N5O3. The molecule has 2 aromatic rings. The lowest BCUT2D eigenvalue weighted by atomic mass is 10.1. The monoisotopic (exact) mass is 413 g/mol. The van der Waals surface area contributed by atoms with Crippen LogP contribution in [0.5, 0.6) is 11.5 Å². The number of pyridine rings is 1. The molecule has 1 aliphatic heterocycles. The van der Waals surface area contributed by atoms with E-state index in [2.05, 4.69) is 25.1 Å². The summed E-state index contributed by atoms with van der Waals surface area (Å²) in [5, 5.41) is 14.0. The largest absolute Gasteiger partial charge is 0.497 e. The topological polar surface area (TPSA) is 82.5 Å². The van der Waals surface area contributed by atoms with Crippen molar-refractivity contribution in [1.82, 2.24) is 15.2 Å². The molecule has 2 N–H and O–H groups in total. The first-order valence-corrected chi connectivity index (χ1v) is 10.2. The fourth-order valence-electron chi connectivity index (χ4n) is 3.41. The summed E-state index contributed by atoms with van der Waals surface area (Å²) in [5.74, 6) is 3.10. The van der Waals surface area contributed by atoms with E-state index in [1.165, 1.54) is 0 Å². The van der Waals surface area contributed by atoms with Gasteiger partial charge in [-0.1, -0.05) is 6.07 Å². The van der Waals surface area contributed by atoms with E-state index < -0.39 is 6.10 Å². The number of nitrogens with one attached hydrogen (secondary N) is 1. The molecule has 3 rings (SSSR count). The molecule has 1 unspecified atom stereocenters. The molecule has 0 aliphatic carbocycles. The van der Waals surface area contributed by atoms with Crippen molar-refractivity contribution in [2.24, 2.45) is 4.99 Å². The van der Waals surface area contributed by atoms with Crippen LogP contribution in [0.25, 0.3) is 0 Å². The maximum Gasteiger partial charge on any atom is 0.194 e. The summed E-state index contributed by atoms with van der Waals surface area (Å²) in [6.45, 7) is 6.48. The molecule has 0 radical (unpaired) electrons. The second kappa shape index (κ2) is 10.7. The van der Waals surface area contributed by atoms with Crippen LogP contribution in [-0.2, 0) is 0 Å². The summed E-state index contributed by atoms with van der Waals surface area (Å²) >= 11 is 0. The summed E-state index contributed by atoms with van der Waals surface area (Å²) in [4.78, 5) is 13.6. The molecule has 8 nitrogen and oxygen atoms in total. The molecule has 1 fully saturated rings. The molecule has 1 atom stereocenters. The van der Waals surface area contributed by atoms with Crippen LogP contribution in [0, 0.1) is 0 Å². The highest BCUT2D eigenvalue weighted by molar-refractivity contribution is 5.80. The number of benzene rings is 1. The first-order valence-electron chi connectivity index (χ1n) is 10.2. The Hall–Kier alpha value is -3.00. The molecule has 8 heteroatoms. The van der Waals surface area contributed by atoms with Gasteiger partial charge in [-0.15, -0.1) is 0 Å². The number of ether oxygens (including phenoxy) is 2. The van der Waals surface area contributed by atoms with Gasteiger partial charge in [0.05, 0.1) is 26.9 Å². The number of hydrogen-bond donors (Lipinski definition) is 2. The lowest BCUT2D eigenvalue weighted by Crippen LogP contribution is -2.52. The predicted molar refractivity (Wildman–Crippen MR) is 119 cm³/mol. The molecule has 1 saturated heterocycles. The van der Waals surface area contributed by atoms with E-state index in [9.17, 15) is 5.11 Å². The van der Waals surface area contributed by atoms with E-state index in [1.54, 1.807) is 32.4 Å². The van der Waals surface area contributed by atoms with E-state index in [0.717, 1.165) is 44.5 Å². The maximum atomic E-state index is 10.7.